The molecule has 5 heteroatoms. The van der Waals surface area contributed by atoms with Crippen LogP contribution in [0.5, 0.6) is 5.75 Å². The summed E-state index contributed by atoms with van der Waals surface area (Å²) in [6, 6.07) is 7.44. The molecule has 0 saturated carbocycles. The molecule has 1 saturated heterocycles. The van der Waals surface area contributed by atoms with Crippen LogP contribution in [0.1, 0.15) is 28.9 Å². The molecule has 2 aromatic rings. The van der Waals surface area contributed by atoms with Crippen LogP contribution in [-0.4, -0.2) is 47.7 Å². The number of aryl methyl sites for hydroxylation is 1. The van der Waals surface area contributed by atoms with Gasteiger partial charge in [0.05, 0.1) is 18.2 Å². The van der Waals surface area contributed by atoms with Gasteiger partial charge in [-0.3, -0.25) is 9.78 Å². The lowest BCUT2D eigenvalue weighted by Gasteiger charge is -2.32. The molecule has 23 heavy (non-hydrogen) atoms. The van der Waals surface area contributed by atoms with Crippen molar-refractivity contribution < 1.29 is 14.6 Å². The van der Waals surface area contributed by atoms with Crippen LogP contribution in [0.3, 0.4) is 0 Å². The Bertz CT molecular complexity index is 730. The number of aromatic nitrogens is 1. The highest BCUT2D eigenvalue weighted by atomic mass is 16.5. The van der Waals surface area contributed by atoms with Crippen molar-refractivity contribution in [2.75, 3.05) is 26.8 Å². The topological polar surface area (TPSA) is 62.7 Å². The zero-order valence-electron chi connectivity index (χ0n) is 13.6. The van der Waals surface area contributed by atoms with Crippen molar-refractivity contribution in [3.63, 3.8) is 0 Å². The first-order valence-electron chi connectivity index (χ1n) is 7.98. The third-order valence-corrected chi connectivity index (χ3v) is 4.44. The number of benzene rings is 1. The number of methoxy groups -OCH3 is 1. The molecule has 1 aromatic heterocycles. The summed E-state index contributed by atoms with van der Waals surface area (Å²) in [6.07, 6.45) is 1.91. The summed E-state index contributed by atoms with van der Waals surface area (Å²) in [5.74, 6) is 0.896. The standard InChI is InChI=1S/C18H22N2O3/c1-12-8-16(15-9-14(23-2)5-6-17(15)19-12)18(22)20-7-3-4-13(10-20)11-21/h5-6,8-9,13,21H,3-4,7,10-11H2,1-2H3. The third-order valence-electron chi connectivity index (χ3n) is 4.44. The molecule has 1 N–H and O–H groups in total. The Morgan fingerprint density at radius 3 is 3.00 bits per heavy atom. The van der Waals surface area contributed by atoms with Gasteiger partial charge in [0.15, 0.2) is 0 Å². The number of carbonyl (C=O) groups is 1. The number of carbonyl (C=O) groups excluding carboxylic acids is 1. The first-order chi connectivity index (χ1) is 11.1. The lowest BCUT2D eigenvalue weighted by atomic mass is 9.97. The molecule has 0 bridgehead atoms. The van der Waals surface area contributed by atoms with Crippen LogP contribution in [0, 0.1) is 12.8 Å². The molecule has 1 aromatic carbocycles. The van der Waals surface area contributed by atoms with Gasteiger partial charge in [-0.1, -0.05) is 0 Å². The second-order valence-electron chi connectivity index (χ2n) is 6.14. The molecule has 1 amide bonds. The fourth-order valence-electron chi connectivity index (χ4n) is 3.21. The van der Waals surface area contributed by atoms with E-state index >= 15 is 0 Å². The second kappa shape index (κ2) is 6.54. The van der Waals surface area contributed by atoms with Crippen molar-refractivity contribution in [3.8, 4) is 5.75 Å². The summed E-state index contributed by atoms with van der Waals surface area (Å²) in [4.78, 5) is 19.4. The van der Waals surface area contributed by atoms with Gasteiger partial charge in [0.2, 0.25) is 0 Å². The highest BCUT2D eigenvalue weighted by Crippen LogP contribution is 2.26. The predicted molar refractivity (Wildman–Crippen MR) is 88.7 cm³/mol. The average Bonchev–Trinajstić information content (AvgIpc) is 2.60. The van der Waals surface area contributed by atoms with E-state index in [-0.39, 0.29) is 18.4 Å². The van der Waals surface area contributed by atoms with E-state index in [0.717, 1.165) is 36.0 Å². The maximum Gasteiger partial charge on any atom is 0.254 e. The van der Waals surface area contributed by atoms with E-state index in [1.165, 1.54) is 0 Å². The molecule has 0 radical (unpaired) electrons. The number of aliphatic hydroxyl groups is 1. The van der Waals surface area contributed by atoms with Crippen LogP contribution >= 0.6 is 0 Å². The van der Waals surface area contributed by atoms with Crippen molar-refractivity contribution in [1.29, 1.82) is 0 Å². The zero-order chi connectivity index (χ0) is 16.4. The minimum absolute atomic E-state index is 0.00639. The Labute approximate surface area is 135 Å². The van der Waals surface area contributed by atoms with Crippen molar-refractivity contribution >= 4 is 16.8 Å². The fraction of sp³-hybridized carbons (Fsp3) is 0.444. The summed E-state index contributed by atoms with van der Waals surface area (Å²) in [7, 11) is 1.61. The van der Waals surface area contributed by atoms with Gasteiger partial charge in [-0.2, -0.15) is 0 Å². The number of fused-ring (bicyclic) bond motifs is 1. The SMILES string of the molecule is COc1ccc2nc(C)cc(C(=O)N3CCCC(CO)C3)c2c1. The fourth-order valence-corrected chi connectivity index (χ4v) is 3.21. The molecule has 122 valence electrons. The maximum absolute atomic E-state index is 13.0. The van der Waals surface area contributed by atoms with Crippen LogP contribution in [0.4, 0.5) is 0 Å². The lowest BCUT2D eigenvalue weighted by molar-refractivity contribution is 0.0622. The van der Waals surface area contributed by atoms with Gasteiger partial charge in [0.25, 0.3) is 5.91 Å². The maximum atomic E-state index is 13.0. The van der Waals surface area contributed by atoms with Gasteiger partial charge in [0.1, 0.15) is 5.75 Å². The molecule has 1 aliphatic heterocycles. The smallest absolute Gasteiger partial charge is 0.254 e. The number of rotatable bonds is 3. The first-order valence-corrected chi connectivity index (χ1v) is 7.98. The molecule has 1 fully saturated rings. The highest BCUT2D eigenvalue weighted by molar-refractivity contribution is 6.06. The second-order valence-corrected chi connectivity index (χ2v) is 6.14. The van der Waals surface area contributed by atoms with E-state index in [0.29, 0.717) is 17.9 Å². The number of hydrogen-bond donors (Lipinski definition) is 1. The van der Waals surface area contributed by atoms with Crippen molar-refractivity contribution in [1.82, 2.24) is 9.88 Å². The quantitative estimate of drug-likeness (QED) is 0.945. The van der Waals surface area contributed by atoms with Crippen LogP contribution in [0.25, 0.3) is 10.9 Å². The largest absolute Gasteiger partial charge is 0.497 e. The average molecular weight is 314 g/mol. The Morgan fingerprint density at radius 2 is 2.26 bits per heavy atom. The third kappa shape index (κ3) is 3.15. The van der Waals surface area contributed by atoms with Crippen LogP contribution in [0.15, 0.2) is 24.3 Å². The van der Waals surface area contributed by atoms with Crippen LogP contribution < -0.4 is 4.74 Å². The number of piperidine rings is 1. The van der Waals surface area contributed by atoms with Gasteiger partial charge in [-0.15, -0.1) is 0 Å². The zero-order valence-corrected chi connectivity index (χ0v) is 13.6. The van der Waals surface area contributed by atoms with E-state index in [1.54, 1.807) is 7.11 Å². The Morgan fingerprint density at radius 1 is 1.43 bits per heavy atom. The van der Waals surface area contributed by atoms with Crippen molar-refractivity contribution in [2.24, 2.45) is 5.92 Å². The number of nitrogens with zero attached hydrogens (tertiary/aromatic N) is 2. The molecular formula is C18H22N2O3. The van der Waals surface area contributed by atoms with Gasteiger partial charge in [0, 0.05) is 30.8 Å². The summed E-state index contributed by atoms with van der Waals surface area (Å²) < 4.78 is 5.28. The van der Waals surface area contributed by atoms with Gasteiger partial charge < -0.3 is 14.7 Å². The number of likely N-dealkylation sites (tertiary alicyclic amines) is 1. The summed E-state index contributed by atoms with van der Waals surface area (Å²) in [5, 5.41) is 10.2. The first kappa shape index (κ1) is 15.7. The number of amides is 1. The summed E-state index contributed by atoms with van der Waals surface area (Å²) in [6.45, 7) is 3.38. The molecular weight excluding hydrogens is 292 g/mol. The van der Waals surface area contributed by atoms with Crippen molar-refractivity contribution in [2.45, 2.75) is 19.8 Å². The predicted octanol–water partition coefficient (Wildman–Crippen LogP) is 2.40. The van der Waals surface area contributed by atoms with Gasteiger partial charge >= 0.3 is 0 Å². The number of hydrogen-bond acceptors (Lipinski definition) is 4. The molecule has 0 spiro atoms. The summed E-state index contributed by atoms with van der Waals surface area (Å²) in [5.41, 5.74) is 2.27. The van der Waals surface area contributed by atoms with Crippen LogP contribution in [-0.2, 0) is 0 Å². The number of aliphatic hydroxyl groups excluding tert-OH is 1. The molecule has 1 aliphatic rings. The number of pyridine rings is 1. The monoisotopic (exact) mass is 314 g/mol. The minimum atomic E-state index is 0.00639. The molecule has 0 aliphatic carbocycles. The van der Waals surface area contributed by atoms with Gasteiger partial charge in [-0.25, -0.2) is 0 Å². The van der Waals surface area contributed by atoms with E-state index in [2.05, 4.69) is 4.98 Å². The number of ether oxygens (including phenoxy) is 1. The molecule has 5 nitrogen and oxygen atoms in total. The normalized spacial score (nSPS) is 18.2. The molecule has 2 heterocycles. The van der Waals surface area contributed by atoms with E-state index in [4.69, 9.17) is 4.74 Å². The Hall–Kier alpha value is -2.14. The van der Waals surface area contributed by atoms with Crippen LogP contribution in [0.2, 0.25) is 0 Å². The highest BCUT2D eigenvalue weighted by Gasteiger charge is 2.25. The van der Waals surface area contributed by atoms with Gasteiger partial charge in [-0.05, 0) is 49.9 Å². The molecule has 1 atom stereocenters. The summed E-state index contributed by atoms with van der Waals surface area (Å²) >= 11 is 0. The molecule has 3 rings (SSSR count). The lowest BCUT2D eigenvalue weighted by Crippen LogP contribution is -2.41. The Balaban J connectivity index is 2.02. The molecule has 1 unspecified atom stereocenters. The van der Waals surface area contributed by atoms with E-state index in [9.17, 15) is 9.90 Å². The van der Waals surface area contributed by atoms with E-state index in [1.807, 2.05) is 36.1 Å². The Kier molecular flexibility index (Phi) is 4.48. The minimum Gasteiger partial charge on any atom is -0.497 e. The van der Waals surface area contributed by atoms with E-state index < -0.39 is 0 Å². The van der Waals surface area contributed by atoms with Crippen molar-refractivity contribution in [3.05, 3.63) is 35.5 Å².